The quantitative estimate of drug-likeness (QED) is 0.478. The molecule has 6 nitrogen and oxygen atoms in total. The summed E-state index contributed by atoms with van der Waals surface area (Å²) >= 11 is 0. The van der Waals surface area contributed by atoms with Crippen molar-refractivity contribution in [1.29, 1.82) is 0 Å². The van der Waals surface area contributed by atoms with Crippen molar-refractivity contribution in [3.63, 3.8) is 0 Å². The number of esters is 1. The van der Waals surface area contributed by atoms with Crippen molar-refractivity contribution in [2.75, 3.05) is 40.5 Å². The zero-order valence-electron chi connectivity index (χ0n) is 11.7. The number of carbonyl (C=O) groups excluding carboxylic acids is 2. The molecule has 0 N–H and O–H groups in total. The van der Waals surface area contributed by atoms with E-state index in [1.807, 2.05) is 0 Å². The second-order valence-electron chi connectivity index (χ2n) is 4.50. The number of hydrogen-bond acceptors (Lipinski definition) is 5. The van der Waals surface area contributed by atoms with Crippen molar-refractivity contribution in [2.24, 2.45) is 0 Å². The van der Waals surface area contributed by atoms with Crippen molar-refractivity contribution >= 4 is 11.9 Å². The summed E-state index contributed by atoms with van der Waals surface area (Å²) in [5, 5.41) is 0. The standard InChI is InChI=1S/C13H23NO5/c1-17-9-4-7-14(8-6-12(15)18-2)13(16)11-5-3-10-19-11/h11H,3-10H2,1-2H3. The van der Waals surface area contributed by atoms with Gasteiger partial charge in [0.25, 0.3) is 5.91 Å². The molecule has 1 heterocycles. The van der Waals surface area contributed by atoms with E-state index in [-0.39, 0.29) is 24.4 Å². The highest BCUT2D eigenvalue weighted by molar-refractivity contribution is 5.81. The van der Waals surface area contributed by atoms with E-state index in [9.17, 15) is 9.59 Å². The molecule has 0 aromatic carbocycles. The normalized spacial score (nSPS) is 18.3. The Morgan fingerprint density at radius 3 is 2.68 bits per heavy atom. The second-order valence-corrected chi connectivity index (χ2v) is 4.50. The molecule has 0 bridgehead atoms. The fourth-order valence-electron chi connectivity index (χ4n) is 2.04. The van der Waals surface area contributed by atoms with E-state index in [0.29, 0.717) is 26.3 Å². The Kier molecular flexibility index (Phi) is 7.43. The van der Waals surface area contributed by atoms with Crippen LogP contribution in [-0.4, -0.2) is 63.4 Å². The maximum Gasteiger partial charge on any atom is 0.307 e. The number of hydrogen-bond donors (Lipinski definition) is 0. The van der Waals surface area contributed by atoms with Gasteiger partial charge in [0.2, 0.25) is 0 Å². The Morgan fingerprint density at radius 2 is 2.11 bits per heavy atom. The van der Waals surface area contributed by atoms with Gasteiger partial charge in [-0.1, -0.05) is 0 Å². The lowest BCUT2D eigenvalue weighted by Gasteiger charge is -2.24. The minimum absolute atomic E-state index is 0.0301. The summed E-state index contributed by atoms with van der Waals surface area (Å²) in [5.41, 5.74) is 0. The van der Waals surface area contributed by atoms with E-state index < -0.39 is 0 Å². The van der Waals surface area contributed by atoms with Crippen LogP contribution in [0.2, 0.25) is 0 Å². The summed E-state index contributed by atoms with van der Waals surface area (Å²) < 4.78 is 15.0. The fourth-order valence-corrected chi connectivity index (χ4v) is 2.04. The van der Waals surface area contributed by atoms with E-state index in [1.165, 1.54) is 7.11 Å². The molecule has 1 saturated heterocycles. The number of nitrogens with zero attached hydrogens (tertiary/aromatic N) is 1. The molecule has 1 atom stereocenters. The van der Waals surface area contributed by atoms with Gasteiger partial charge in [-0.3, -0.25) is 9.59 Å². The molecule has 1 amide bonds. The molecular weight excluding hydrogens is 250 g/mol. The van der Waals surface area contributed by atoms with Gasteiger partial charge in [0.1, 0.15) is 6.10 Å². The van der Waals surface area contributed by atoms with Crippen LogP contribution in [-0.2, 0) is 23.8 Å². The van der Waals surface area contributed by atoms with E-state index in [0.717, 1.165) is 19.3 Å². The molecule has 0 aromatic heterocycles. The van der Waals surface area contributed by atoms with Crippen LogP contribution in [0.25, 0.3) is 0 Å². The van der Waals surface area contributed by atoms with Gasteiger partial charge in [-0.2, -0.15) is 0 Å². The first-order chi connectivity index (χ1) is 9.19. The minimum Gasteiger partial charge on any atom is -0.469 e. The summed E-state index contributed by atoms with van der Waals surface area (Å²) in [5.74, 6) is -0.339. The highest BCUT2D eigenvalue weighted by Crippen LogP contribution is 2.15. The van der Waals surface area contributed by atoms with Gasteiger partial charge >= 0.3 is 5.97 Å². The Labute approximate surface area is 114 Å². The lowest BCUT2D eigenvalue weighted by molar-refractivity contribution is -0.144. The molecule has 110 valence electrons. The molecule has 0 aromatic rings. The van der Waals surface area contributed by atoms with Crippen LogP contribution >= 0.6 is 0 Å². The summed E-state index contributed by atoms with van der Waals surface area (Å²) in [6, 6.07) is 0. The first-order valence-corrected chi connectivity index (χ1v) is 6.65. The zero-order valence-corrected chi connectivity index (χ0v) is 11.7. The van der Waals surface area contributed by atoms with E-state index in [4.69, 9.17) is 9.47 Å². The number of ether oxygens (including phenoxy) is 3. The third-order valence-electron chi connectivity index (χ3n) is 3.11. The summed E-state index contributed by atoms with van der Waals surface area (Å²) in [7, 11) is 2.97. The van der Waals surface area contributed by atoms with Crippen LogP contribution < -0.4 is 0 Å². The topological polar surface area (TPSA) is 65.1 Å². The van der Waals surface area contributed by atoms with Gasteiger partial charge in [-0.25, -0.2) is 0 Å². The van der Waals surface area contributed by atoms with Gasteiger partial charge in [0, 0.05) is 33.4 Å². The van der Waals surface area contributed by atoms with E-state index >= 15 is 0 Å². The maximum atomic E-state index is 12.2. The second kappa shape index (κ2) is 8.87. The van der Waals surface area contributed by atoms with Crippen molar-refractivity contribution in [3.05, 3.63) is 0 Å². The van der Waals surface area contributed by atoms with Gasteiger partial charge in [-0.05, 0) is 19.3 Å². The summed E-state index contributed by atoms with van der Waals surface area (Å²) in [4.78, 5) is 25.1. The van der Waals surface area contributed by atoms with Crippen molar-refractivity contribution in [2.45, 2.75) is 31.8 Å². The molecule has 1 rings (SSSR count). The average Bonchev–Trinajstić information content (AvgIpc) is 2.95. The molecular formula is C13H23NO5. The molecule has 0 aliphatic carbocycles. The summed E-state index contributed by atoms with van der Waals surface area (Å²) in [6.07, 6.45) is 2.29. The number of amides is 1. The smallest absolute Gasteiger partial charge is 0.307 e. The highest BCUT2D eigenvalue weighted by atomic mass is 16.5. The van der Waals surface area contributed by atoms with Crippen LogP contribution in [0.3, 0.4) is 0 Å². The van der Waals surface area contributed by atoms with E-state index in [1.54, 1.807) is 12.0 Å². The van der Waals surface area contributed by atoms with Crippen molar-refractivity contribution in [3.8, 4) is 0 Å². The van der Waals surface area contributed by atoms with Crippen molar-refractivity contribution in [1.82, 2.24) is 4.90 Å². The first kappa shape index (κ1) is 15.9. The molecule has 0 radical (unpaired) electrons. The highest BCUT2D eigenvalue weighted by Gasteiger charge is 2.28. The monoisotopic (exact) mass is 273 g/mol. The number of rotatable bonds is 8. The first-order valence-electron chi connectivity index (χ1n) is 6.65. The largest absolute Gasteiger partial charge is 0.469 e. The Hall–Kier alpha value is -1.14. The molecule has 1 fully saturated rings. The molecule has 6 heteroatoms. The van der Waals surface area contributed by atoms with Gasteiger partial charge in [-0.15, -0.1) is 0 Å². The number of carbonyl (C=O) groups is 2. The lowest BCUT2D eigenvalue weighted by Crippen LogP contribution is -2.41. The van der Waals surface area contributed by atoms with Crippen molar-refractivity contribution < 1.29 is 23.8 Å². The van der Waals surface area contributed by atoms with Crippen LogP contribution in [0, 0.1) is 0 Å². The number of methoxy groups -OCH3 is 2. The van der Waals surface area contributed by atoms with Gasteiger partial charge in [0.05, 0.1) is 13.5 Å². The van der Waals surface area contributed by atoms with E-state index in [2.05, 4.69) is 4.74 Å². The molecule has 0 spiro atoms. The molecule has 1 unspecified atom stereocenters. The molecule has 1 aliphatic heterocycles. The predicted molar refractivity (Wildman–Crippen MR) is 68.7 cm³/mol. The predicted octanol–water partition coefficient (Wildman–Crippen LogP) is 0.594. The third-order valence-corrected chi connectivity index (χ3v) is 3.11. The minimum atomic E-state index is -0.347. The van der Waals surface area contributed by atoms with Crippen LogP contribution in [0.15, 0.2) is 0 Å². The summed E-state index contributed by atoms with van der Waals surface area (Å²) in [6.45, 7) is 2.17. The molecule has 1 aliphatic rings. The van der Waals surface area contributed by atoms with Crippen LogP contribution in [0.5, 0.6) is 0 Å². The Morgan fingerprint density at radius 1 is 1.32 bits per heavy atom. The Bertz CT molecular complexity index is 289. The Balaban J connectivity index is 2.46. The van der Waals surface area contributed by atoms with Gasteiger partial charge < -0.3 is 19.1 Å². The van der Waals surface area contributed by atoms with Crippen LogP contribution in [0.4, 0.5) is 0 Å². The maximum absolute atomic E-state index is 12.2. The zero-order chi connectivity index (χ0) is 14.1. The van der Waals surface area contributed by atoms with Gasteiger partial charge in [0.15, 0.2) is 0 Å². The average molecular weight is 273 g/mol. The SMILES string of the molecule is COCCCN(CCC(=O)OC)C(=O)C1CCCO1. The fraction of sp³-hybridized carbons (Fsp3) is 0.846. The van der Waals surface area contributed by atoms with Crippen LogP contribution in [0.1, 0.15) is 25.7 Å². The molecule has 19 heavy (non-hydrogen) atoms. The third kappa shape index (κ3) is 5.57. The lowest BCUT2D eigenvalue weighted by atomic mass is 10.2. The molecule has 0 saturated carbocycles.